The van der Waals surface area contributed by atoms with E-state index in [2.05, 4.69) is 27.8 Å². The van der Waals surface area contributed by atoms with Gasteiger partial charge in [-0.15, -0.1) is 6.58 Å². The zero-order valence-electron chi connectivity index (χ0n) is 30.9. The van der Waals surface area contributed by atoms with E-state index in [1.54, 1.807) is 0 Å². The average Bonchev–Trinajstić information content (AvgIpc) is 3.52. The molecule has 2 rings (SSSR count). The summed E-state index contributed by atoms with van der Waals surface area (Å²) in [4.78, 5) is 80.5. The van der Waals surface area contributed by atoms with Crippen molar-refractivity contribution < 1.29 is 38.2 Å². The Hall–Kier alpha value is -4.42. The number of Topliss-reactive ketones (excluding diaryl/α,β-unsaturated/α-hetero) is 1. The number of nitrogens with one attached hydrogen (secondary N) is 4. The fourth-order valence-electron chi connectivity index (χ4n) is 5.55. The van der Waals surface area contributed by atoms with E-state index in [1.807, 2.05) is 85.7 Å². The monoisotopic (exact) mass is 699 g/mol. The van der Waals surface area contributed by atoms with E-state index in [9.17, 15) is 28.8 Å². The SMILES string of the molecule is C=CCNC(=O)C(=O)C(CCC)NC(=O)C1C[C@@H](C(C)C)CN1C(=O)C(NC(=O)N[C@H](COC(=O)OCc1ccccc1)C(C)C)C(C)(C)C. The topological polar surface area (TPSA) is 172 Å². The van der Waals surface area contributed by atoms with Crippen LogP contribution in [0.25, 0.3) is 0 Å². The summed E-state index contributed by atoms with van der Waals surface area (Å²) in [5.74, 6) is -2.56. The van der Waals surface area contributed by atoms with Gasteiger partial charge in [0.25, 0.3) is 5.91 Å². The Morgan fingerprint density at radius 3 is 2.20 bits per heavy atom. The maximum Gasteiger partial charge on any atom is 0.508 e. The predicted molar refractivity (Wildman–Crippen MR) is 190 cm³/mol. The van der Waals surface area contributed by atoms with Gasteiger partial charge in [0.05, 0.1) is 12.1 Å². The second-order valence-corrected chi connectivity index (χ2v) is 14.6. The Morgan fingerprint density at radius 1 is 0.980 bits per heavy atom. The van der Waals surface area contributed by atoms with Crippen molar-refractivity contribution in [1.82, 2.24) is 26.2 Å². The molecule has 278 valence electrons. The number of hydrogen-bond acceptors (Lipinski definition) is 8. The number of carbonyl (C=O) groups excluding carboxylic acids is 6. The highest BCUT2D eigenvalue weighted by atomic mass is 16.7. The third-order valence-corrected chi connectivity index (χ3v) is 8.79. The lowest BCUT2D eigenvalue weighted by molar-refractivity contribution is -0.143. The zero-order chi connectivity index (χ0) is 37.6. The Labute approximate surface area is 296 Å². The fourth-order valence-corrected chi connectivity index (χ4v) is 5.55. The molecule has 1 aliphatic heterocycles. The predicted octanol–water partition coefficient (Wildman–Crippen LogP) is 4.11. The van der Waals surface area contributed by atoms with Gasteiger partial charge in [0.15, 0.2) is 0 Å². The van der Waals surface area contributed by atoms with Crippen molar-refractivity contribution in [2.45, 2.75) is 105 Å². The fraction of sp³-hybridized carbons (Fsp3) is 0.622. The molecule has 3 unspecified atom stereocenters. The molecule has 1 aliphatic rings. The van der Waals surface area contributed by atoms with E-state index < -0.39 is 65.3 Å². The summed E-state index contributed by atoms with van der Waals surface area (Å²) in [6.45, 7) is 18.8. The van der Waals surface area contributed by atoms with Crippen LogP contribution in [0.5, 0.6) is 0 Å². The third-order valence-electron chi connectivity index (χ3n) is 8.79. The largest absolute Gasteiger partial charge is 0.508 e. The molecule has 0 spiro atoms. The maximum absolute atomic E-state index is 14.3. The molecule has 1 aromatic rings. The number of hydrogen-bond donors (Lipinski definition) is 4. The van der Waals surface area contributed by atoms with Gasteiger partial charge in [0.2, 0.25) is 17.6 Å². The number of amides is 5. The maximum atomic E-state index is 14.3. The van der Waals surface area contributed by atoms with Crippen molar-refractivity contribution >= 4 is 35.7 Å². The zero-order valence-corrected chi connectivity index (χ0v) is 30.9. The molecule has 1 fully saturated rings. The molecule has 13 heteroatoms. The molecule has 4 N–H and O–H groups in total. The van der Waals surface area contributed by atoms with E-state index >= 15 is 0 Å². The van der Waals surface area contributed by atoms with Crippen LogP contribution in [0.15, 0.2) is 43.0 Å². The van der Waals surface area contributed by atoms with Gasteiger partial charge < -0.3 is 35.6 Å². The minimum atomic E-state index is -1.06. The van der Waals surface area contributed by atoms with Gasteiger partial charge >= 0.3 is 12.2 Å². The Kier molecular flexibility index (Phi) is 16.4. The van der Waals surface area contributed by atoms with Crippen LogP contribution in [0, 0.1) is 23.2 Å². The first-order valence-electron chi connectivity index (χ1n) is 17.4. The van der Waals surface area contributed by atoms with Crippen molar-refractivity contribution in [2.75, 3.05) is 19.7 Å². The minimum Gasteiger partial charge on any atom is -0.432 e. The summed E-state index contributed by atoms with van der Waals surface area (Å²) in [5.41, 5.74) is 0.0408. The highest BCUT2D eigenvalue weighted by Gasteiger charge is 2.46. The van der Waals surface area contributed by atoms with Gasteiger partial charge in [0, 0.05) is 13.1 Å². The summed E-state index contributed by atoms with van der Waals surface area (Å²) in [7, 11) is 0. The van der Waals surface area contributed by atoms with Crippen molar-refractivity contribution in [3.8, 4) is 0 Å². The third kappa shape index (κ3) is 12.8. The number of rotatable bonds is 17. The number of ether oxygens (including phenoxy) is 2. The number of carbonyl (C=O) groups is 6. The first kappa shape index (κ1) is 41.7. The lowest BCUT2D eigenvalue weighted by Crippen LogP contribution is -2.61. The van der Waals surface area contributed by atoms with Crippen LogP contribution in [0.1, 0.15) is 80.2 Å². The van der Waals surface area contributed by atoms with E-state index in [0.717, 1.165) is 5.56 Å². The molecule has 0 aliphatic carbocycles. The molecular formula is C37H57N5O8. The normalized spacial score (nSPS) is 17.7. The van der Waals surface area contributed by atoms with Crippen molar-refractivity contribution in [3.05, 3.63) is 48.6 Å². The van der Waals surface area contributed by atoms with Gasteiger partial charge in [-0.25, -0.2) is 9.59 Å². The Bertz CT molecular complexity index is 1330. The highest BCUT2D eigenvalue weighted by molar-refractivity contribution is 6.38. The Morgan fingerprint density at radius 2 is 1.64 bits per heavy atom. The molecular weight excluding hydrogens is 642 g/mol. The standard InChI is InChI=1S/C37H57N5O8/c1-10-15-27(30(43)33(45)38-18-11-2)39-32(44)29-19-26(23(3)4)20-42(29)34(46)31(37(7,8)9)41-35(47)40-28(24(5)6)22-50-36(48)49-21-25-16-13-12-14-17-25/h11-14,16-17,23-24,26-29,31H,2,10,15,18-22H2,1,3-9H3,(H,38,45)(H,39,44)(H2,40,41,47)/t26-,27?,28-,29?,31?/m1/s1. The number of benzene rings is 1. The molecule has 13 nitrogen and oxygen atoms in total. The molecule has 5 atom stereocenters. The van der Waals surface area contributed by atoms with Gasteiger partial charge in [-0.05, 0) is 41.6 Å². The number of nitrogens with zero attached hydrogens (tertiary/aromatic N) is 1. The van der Waals surface area contributed by atoms with Gasteiger partial charge in [-0.1, -0.05) is 98.2 Å². The van der Waals surface area contributed by atoms with Crippen molar-refractivity contribution in [1.29, 1.82) is 0 Å². The van der Waals surface area contributed by atoms with Crippen LogP contribution in [0.3, 0.4) is 0 Å². The summed E-state index contributed by atoms with van der Waals surface area (Å²) in [6.07, 6.45) is 1.73. The Balaban J connectivity index is 2.18. The first-order valence-corrected chi connectivity index (χ1v) is 17.4. The van der Waals surface area contributed by atoms with Crippen LogP contribution >= 0.6 is 0 Å². The molecule has 1 aromatic carbocycles. The van der Waals surface area contributed by atoms with Crippen LogP contribution < -0.4 is 21.3 Å². The van der Waals surface area contributed by atoms with E-state index in [-0.39, 0.29) is 50.5 Å². The van der Waals surface area contributed by atoms with Crippen LogP contribution in [0.4, 0.5) is 9.59 Å². The minimum absolute atomic E-state index is 0.00974. The second kappa shape index (κ2) is 19.7. The lowest BCUT2D eigenvalue weighted by Gasteiger charge is -2.36. The number of likely N-dealkylation sites (tertiary alicyclic amines) is 1. The average molecular weight is 700 g/mol. The van der Waals surface area contributed by atoms with E-state index in [0.29, 0.717) is 12.8 Å². The van der Waals surface area contributed by atoms with Gasteiger partial charge in [-0.2, -0.15) is 0 Å². The van der Waals surface area contributed by atoms with Crippen LogP contribution in [-0.2, 0) is 35.3 Å². The van der Waals surface area contributed by atoms with Crippen LogP contribution in [-0.4, -0.2) is 84.5 Å². The molecule has 0 saturated carbocycles. The number of urea groups is 1. The molecule has 5 amide bonds. The van der Waals surface area contributed by atoms with Crippen molar-refractivity contribution in [3.63, 3.8) is 0 Å². The van der Waals surface area contributed by atoms with E-state index in [4.69, 9.17) is 9.47 Å². The molecule has 0 radical (unpaired) electrons. The van der Waals surface area contributed by atoms with Gasteiger partial charge in [0.1, 0.15) is 25.3 Å². The second-order valence-electron chi connectivity index (χ2n) is 14.6. The summed E-state index contributed by atoms with van der Waals surface area (Å²) in [6, 6.07) is 4.92. The highest BCUT2D eigenvalue weighted by Crippen LogP contribution is 2.32. The molecule has 50 heavy (non-hydrogen) atoms. The first-order chi connectivity index (χ1) is 23.5. The smallest absolute Gasteiger partial charge is 0.432 e. The van der Waals surface area contributed by atoms with Crippen molar-refractivity contribution in [2.24, 2.45) is 23.2 Å². The summed E-state index contributed by atoms with van der Waals surface area (Å²) >= 11 is 0. The molecule has 1 saturated heterocycles. The van der Waals surface area contributed by atoms with E-state index in [1.165, 1.54) is 11.0 Å². The lowest BCUT2D eigenvalue weighted by atomic mass is 9.85. The quantitative estimate of drug-likeness (QED) is 0.107. The van der Waals surface area contributed by atoms with Gasteiger partial charge in [-0.3, -0.25) is 19.2 Å². The summed E-state index contributed by atoms with van der Waals surface area (Å²) in [5, 5.41) is 10.8. The van der Waals surface area contributed by atoms with Crippen LogP contribution in [0.2, 0.25) is 0 Å². The molecule has 0 aromatic heterocycles. The molecule has 0 bridgehead atoms. The molecule has 1 heterocycles. The number of ketones is 1. The summed E-state index contributed by atoms with van der Waals surface area (Å²) < 4.78 is 10.5.